The number of nitrogens with zero attached hydrogens (tertiary/aromatic N) is 1. The highest BCUT2D eigenvalue weighted by atomic mass is 79.9. The number of nitrogens with two attached hydrogens (primary N) is 1. The van der Waals surface area contributed by atoms with E-state index in [4.69, 9.17) is 10.7 Å². The number of rotatable bonds is 3. The molecule has 0 spiro atoms. The molecule has 3 nitrogen and oxygen atoms in total. The summed E-state index contributed by atoms with van der Waals surface area (Å²) >= 11 is 3.52. The summed E-state index contributed by atoms with van der Waals surface area (Å²) in [5.41, 5.74) is 11.5. The second-order valence-electron chi connectivity index (χ2n) is 4.95. The molecule has 3 N–H and O–H groups in total. The van der Waals surface area contributed by atoms with Gasteiger partial charge in [-0.05, 0) is 35.7 Å². The van der Waals surface area contributed by atoms with E-state index in [2.05, 4.69) is 52.1 Å². The van der Waals surface area contributed by atoms with E-state index in [0.717, 1.165) is 27.8 Å². The Kier molecular flexibility index (Phi) is 3.59. The largest absolute Gasteiger partial charge is 0.342 e. The van der Waals surface area contributed by atoms with E-state index in [0.29, 0.717) is 6.54 Å². The van der Waals surface area contributed by atoms with Crippen LogP contribution in [0.25, 0.3) is 11.0 Å². The minimum atomic E-state index is 0.557. The normalized spacial score (nSPS) is 11.2. The zero-order valence-corrected chi connectivity index (χ0v) is 12.9. The number of nitrogens with one attached hydrogen (secondary N) is 1. The molecule has 0 fully saturated rings. The van der Waals surface area contributed by atoms with Crippen molar-refractivity contribution < 1.29 is 0 Å². The van der Waals surface area contributed by atoms with Crippen molar-refractivity contribution in [3.63, 3.8) is 0 Å². The fourth-order valence-corrected chi connectivity index (χ4v) is 3.06. The van der Waals surface area contributed by atoms with Crippen molar-refractivity contribution in [3.8, 4) is 0 Å². The lowest BCUT2D eigenvalue weighted by molar-refractivity contribution is 0.977. The summed E-state index contributed by atoms with van der Waals surface area (Å²) in [4.78, 5) is 8.10. The van der Waals surface area contributed by atoms with Crippen molar-refractivity contribution >= 4 is 27.0 Å². The van der Waals surface area contributed by atoms with E-state index < -0.39 is 0 Å². The van der Waals surface area contributed by atoms with Crippen LogP contribution in [0.5, 0.6) is 0 Å². The molecule has 0 aliphatic carbocycles. The molecule has 102 valence electrons. The molecule has 0 saturated heterocycles. The summed E-state index contributed by atoms with van der Waals surface area (Å²) in [5.74, 6) is 0.974. The zero-order chi connectivity index (χ0) is 14.1. The zero-order valence-electron chi connectivity index (χ0n) is 11.3. The lowest BCUT2D eigenvalue weighted by Crippen LogP contribution is -2.02. The van der Waals surface area contributed by atoms with Crippen LogP contribution < -0.4 is 5.73 Å². The third-order valence-corrected chi connectivity index (χ3v) is 3.95. The summed E-state index contributed by atoms with van der Waals surface area (Å²) in [6.07, 6.45) is 0.777. The Morgan fingerprint density at radius 1 is 1.20 bits per heavy atom. The predicted octanol–water partition coefficient (Wildman–Crippen LogP) is 3.68. The van der Waals surface area contributed by atoms with Gasteiger partial charge in [-0.3, -0.25) is 0 Å². The fraction of sp³-hybridized carbons (Fsp3) is 0.188. The Morgan fingerprint density at radius 3 is 2.70 bits per heavy atom. The van der Waals surface area contributed by atoms with Gasteiger partial charge in [0.15, 0.2) is 0 Å². The van der Waals surface area contributed by atoms with Gasteiger partial charge in [-0.25, -0.2) is 4.98 Å². The molecule has 0 aliphatic heterocycles. The van der Waals surface area contributed by atoms with Crippen molar-refractivity contribution in [2.45, 2.75) is 19.9 Å². The van der Waals surface area contributed by atoms with Gasteiger partial charge in [0.2, 0.25) is 0 Å². The number of aromatic amines is 1. The number of H-pyrrole nitrogens is 1. The van der Waals surface area contributed by atoms with E-state index in [1.165, 1.54) is 16.7 Å². The van der Waals surface area contributed by atoms with E-state index >= 15 is 0 Å². The van der Waals surface area contributed by atoms with Crippen LogP contribution in [0.2, 0.25) is 0 Å². The predicted molar refractivity (Wildman–Crippen MR) is 85.7 cm³/mol. The van der Waals surface area contributed by atoms with Crippen molar-refractivity contribution in [1.29, 1.82) is 0 Å². The van der Waals surface area contributed by atoms with Gasteiger partial charge in [0.1, 0.15) is 5.82 Å². The second-order valence-corrected chi connectivity index (χ2v) is 5.87. The number of aromatic nitrogens is 2. The van der Waals surface area contributed by atoms with Crippen LogP contribution in [0.4, 0.5) is 0 Å². The molecule has 1 heterocycles. The van der Waals surface area contributed by atoms with E-state index in [-0.39, 0.29) is 0 Å². The summed E-state index contributed by atoms with van der Waals surface area (Å²) < 4.78 is 1.07. The molecular weight excluding hydrogens is 314 g/mol. The molecule has 0 aliphatic rings. The molecule has 3 aromatic rings. The van der Waals surface area contributed by atoms with Gasteiger partial charge in [-0.15, -0.1) is 0 Å². The van der Waals surface area contributed by atoms with Crippen molar-refractivity contribution in [3.05, 3.63) is 63.4 Å². The van der Waals surface area contributed by atoms with Crippen LogP contribution >= 0.6 is 15.9 Å². The summed E-state index contributed by atoms with van der Waals surface area (Å²) in [6.45, 7) is 2.63. The highest BCUT2D eigenvalue weighted by Crippen LogP contribution is 2.23. The average molecular weight is 330 g/mol. The minimum absolute atomic E-state index is 0.557. The summed E-state index contributed by atoms with van der Waals surface area (Å²) in [5, 5.41) is 0. The maximum Gasteiger partial charge on any atom is 0.111 e. The molecule has 20 heavy (non-hydrogen) atoms. The highest BCUT2D eigenvalue weighted by molar-refractivity contribution is 9.10. The minimum Gasteiger partial charge on any atom is -0.342 e. The smallest absolute Gasteiger partial charge is 0.111 e. The van der Waals surface area contributed by atoms with Crippen LogP contribution in [0.3, 0.4) is 0 Å². The van der Waals surface area contributed by atoms with Crippen LogP contribution in [-0.4, -0.2) is 9.97 Å². The molecule has 0 amide bonds. The number of halogens is 1. The van der Waals surface area contributed by atoms with Gasteiger partial charge in [-0.1, -0.05) is 40.2 Å². The van der Waals surface area contributed by atoms with E-state index in [1.807, 2.05) is 12.1 Å². The van der Waals surface area contributed by atoms with Crippen LogP contribution in [0.1, 0.15) is 22.5 Å². The van der Waals surface area contributed by atoms with Gasteiger partial charge in [0.25, 0.3) is 0 Å². The lowest BCUT2D eigenvalue weighted by Gasteiger charge is -2.05. The molecule has 0 unspecified atom stereocenters. The number of fused-ring (bicyclic) bond motifs is 1. The highest BCUT2D eigenvalue weighted by Gasteiger charge is 2.08. The SMILES string of the molecule is Cc1cc(Br)cc2[nH]c(Cc3ccccc3CN)nc12. The molecule has 1 aromatic heterocycles. The average Bonchev–Trinajstić information content (AvgIpc) is 2.82. The molecule has 2 aromatic carbocycles. The Morgan fingerprint density at radius 2 is 1.95 bits per heavy atom. The summed E-state index contributed by atoms with van der Waals surface area (Å²) in [7, 11) is 0. The quantitative estimate of drug-likeness (QED) is 0.770. The van der Waals surface area contributed by atoms with E-state index in [9.17, 15) is 0 Å². The Bertz CT molecular complexity index is 762. The van der Waals surface area contributed by atoms with Gasteiger partial charge in [0, 0.05) is 17.4 Å². The van der Waals surface area contributed by atoms with Gasteiger partial charge >= 0.3 is 0 Å². The number of benzene rings is 2. The van der Waals surface area contributed by atoms with Crippen LogP contribution in [0.15, 0.2) is 40.9 Å². The fourth-order valence-electron chi connectivity index (χ4n) is 2.49. The van der Waals surface area contributed by atoms with Crippen LogP contribution in [0, 0.1) is 6.92 Å². The molecule has 0 atom stereocenters. The number of imidazole rings is 1. The Hall–Kier alpha value is -1.65. The topological polar surface area (TPSA) is 54.7 Å². The summed E-state index contributed by atoms with van der Waals surface area (Å²) in [6, 6.07) is 12.4. The van der Waals surface area contributed by atoms with E-state index in [1.54, 1.807) is 0 Å². The number of hydrogen-bond acceptors (Lipinski definition) is 2. The van der Waals surface area contributed by atoms with Crippen molar-refractivity contribution in [1.82, 2.24) is 9.97 Å². The first-order valence-electron chi connectivity index (χ1n) is 6.59. The Labute approximate surface area is 126 Å². The van der Waals surface area contributed by atoms with Crippen molar-refractivity contribution in [2.75, 3.05) is 0 Å². The maximum atomic E-state index is 5.79. The molecule has 4 heteroatoms. The maximum absolute atomic E-state index is 5.79. The van der Waals surface area contributed by atoms with Gasteiger partial charge in [0.05, 0.1) is 11.0 Å². The lowest BCUT2D eigenvalue weighted by atomic mass is 10.0. The monoisotopic (exact) mass is 329 g/mol. The van der Waals surface area contributed by atoms with Gasteiger partial charge < -0.3 is 10.7 Å². The molecule has 0 radical (unpaired) electrons. The van der Waals surface area contributed by atoms with Gasteiger partial charge in [-0.2, -0.15) is 0 Å². The van der Waals surface area contributed by atoms with Crippen molar-refractivity contribution in [2.24, 2.45) is 5.73 Å². The second kappa shape index (κ2) is 5.38. The van der Waals surface area contributed by atoms with Crippen LogP contribution in [-0.2, 0) is 13.0 Å². The third-order valence-electron chi connectivity index (χ3n) is 3.49. The molecular formula is C16H16BrN3. The molecule has 0 saturated carbocycles. The first-order valence-corrected chi connectivity index (χ1v) is 7.38. The standard InChI is InChI=1S/C16H16BrN3/c1-10-6-13(17)8-14-16(10)20-15(19-14)7-11-4-2-3-5-12(11)9-18/h2-6,8H,7,9,18H2,1H3,(H,19,20). The number of hydrogen-bond donors (Lipinski definition) is 2. The Balaban J connectivity index is 2.01. The number of aryl methyl sites for hydroxylation is 1. The molecule has 3 rings (SSSR count). The third kappa shape index (κ3) is 2.49. The first-order chi connectivity index (χ1) is 9.67. The molecule has 0 bridgehead atoms. The first kappa shape index (κ1) is 13.3.